The van der Waals surface area contributed by atoms with E-state index in [4.69, 9.17) is 5.84 Å². The minimum atomic E-state index is 0.284. The Labute approximate surface area is 98.2 Å². The van der Waals surface area contributed by atoms with Gasteiger partial charge < -0.3 is 0 Å². The highest BCUT2D eigenvalue weighted by atomic mass is 15.2. The molecule has 1 aromatic carbocycles. The molecule has 86 valence electrons. The molecular formula is C14H20N2. The molecule has 0 amide bonds. The fourth-order valence-electron chi connectivity index (χ4n) is 1.69. The minimum Gasteiger partial charge on any atom is -0.271 e. The first-order chi connectivity index (χ1) is 7.77. The lowest BCUT2D eigenvalue weighted by Gasteiger charge is -2.13. The van der Waals surface area contributed by atoms with Gasteiger partial charge in [0.25, 0.3) is 0 Å². The summed E-state index contributed by atoms with van der Waals surface area (Å²) in [6.07, 6.45) is 2.89. The van der Waals surface area contributed by atoms with Crippen molar-refractivity contribution in [1.82, 2.24) is 5.43 Å². The van der Waals surface area contributed by atoms with E-state index in [9.17, 15) is 0 Å². The molecule has 0 bridgehead atoms. The van der Waals surface area contributed by atoms with Crippen molar-refractivity contribution >= 4 is 0 Å². The average Bonchev–Trinajstić information content (AvgIpc) is 2.31. The molecule has 0 aromatic heterocycles. The minimum absolute atomic E-state index is 0.284. The first-order valence-electron chi connectivity index (χ1n) is 5.68. The zero-order valence-electron chi connectivity index (χ0n) is 10.1. The molecule has 0 radical (unpaired) electrons. The molecule has 0 fully saturated rings. The van der Waals surface area contributed by atoms with Gasteiger partial charge in [-0.25, -0.2) is 0 Å². The van der Waals surface area contributed by atoms with Crippen molar-refractivity contribution in [3.05, 3.63) is 35.4 Å². The SMILES string of the molecule is CC#CCC(CCc1ccccc1C)NN. The summed E-state index contributed by atoms with van der Waals surface area (Å²) in [5, 5.41) is 0. The number of benzene rings is 1. The van der Waals surface area contributed by atoms with Gasteiger partial charge in [0, 0.05) is 12.5 Å². The van der Waals surface area contributed by atoms with Crippen molar-refractivity contribution in [3.8, 4) is 11.8 Å². The van der Waals surface area contributed by atoms with Gasteiger partial charge in [0.1, 0.15) is 0 Å². The Kier molecular flexibility index (Phi) is 5.63. The third kappa shape index (κ3) is 4.06. The Morgan fingerprint density at radius 2 is 2.12 bits per heavy atom. The molecule has 0 spiro atoms. The summed E-state index contributed by atoms with van der Waals surface area (Å²) in [4.78, 5) is 0. The number of nitrogens with two attached hydrogens (primary N) is 1. The van der Waals surface area contributed by atoms with Gasteiger partial charge in [-0.15, -0.1) is 11.8 Å². The van der Waals surface area contributed by atoms with E-state index in [1.165, 1.54) is 11.1 Å². The summed E-state index contributed by atoms with van der Waals surface area (Å²) < 4.78 is 0. The zero-order chi connectivity index (χ0) is 11.8. The molecule has 0 aliphatic carbocycles. The summed E-state index contributed by atoms with van der Waals surface area (Å²) >= 11 is 0. The van der Waals surface area contributed by atoms with E-state index in [1.54, 1.807) is 0 Å². The van der Waals surface area contributed by atoms with Gasteiger partial charge in [-0.05, 0) is 37.8 Å². The van der Waals surface area contributed by atoms with E-state index < -0.39 is 0 Å². The van der Waals surface area contributed by atoms with E-state index in [-0.39, 0.29) is 6.04 Å². The summed E-state index contributed by atoms with van der Waals surface area (Å²) in [6.45, 7) is 4.00. The fourth-order valence-corrected chi connectivity index (χ4v) is 1.69. The van der Waals surface area contributed by atoms with Crippen LogP contribution in [0.2, 0.25) is 0 Å². The highest BCUT2D eigenvalue weighted by Crippen LogP contribution is 2.11. The number of aryl methyl sites for hydroxylation is 2. The third-order valence-electron chi connectivity index (χ3n) is 2.78. The largest absolute Gasteiger partial charge is 0.271 e. The van der Waals surface area contributed by atoms with Gasteiger partial charge >= 0.3 is 0 Å². The molecular weight excluding hydrogens is 196 g/mol. The molecule has 1 atom stereocenters. The standard InChI is InChI=1S/C14H20N2/c1-3-4-9-14(16-15)11-10-13-8-6-5-7-12(13)2/h5-8,14,16H,9-11,15H2,1-2H3. The molecule has 0 aliphatic rings. The van der Waals surface area contributed by atoms with Gasteiger partial charge in [-0.1, -0.05) is 24.3 Å². The number of hydrazine groups is 1. The van der Waals surface area contributed by atoms with Crippen molar-refractivity contribution in [2.75, 3.05) is 0 Å². The van der Waals surface area contributed by atoms with Crippen LogP contribution in [0, 0.1) is 18.8 Å². The predicted molar refractivity (Wildman–Crippen MR) is 68.7 cm³/mol. The maximum atomic E-state index is 5.50. The van der Waals surface area contributed by atoms with Crippen molar-refractivity contribution < 1.29 is 0 Å². The Hall–Kier alpha value is -1.30. The second-order valence-corrected chi connectivity index (χ2v) is 3.96. The number of nitrogens with one attached hydrogen (secondary N) is 1. The maximum Gasteiger partial charge on any atom is 0.0323 e. The van der Waals surface area contributed by atoms with Gasteiger partial charge in [-0.2, -0.15) is 0 Å². The third-order valence-corrected chi connectivity index (χ3v) is 2.78. The Balaban J connectivity index is 2.48. The lowest BCUT2D eigenvalue weighted by atomic mass is 10.00. The van der Waals surface area contributed by atoms with E-state index in [0.29, 0.717) is 0 Å². The topological polar surface area (TPSA) is 38.0 Å². The molecule has 0 aliphatic heterocycles. The summed E-state index contributed by atoms with van der Waals surface area (Å²) in [5.74, 6) is 11.5. The molecule has 16 heavy (non-hydrogen) atoms. The quantitative estimate of drug-likeness (QED) is 0.450. The van der Waals surface area contributed by atoms with Crippen molar-refractivity contribution in [3.63, 3.8) is 0 Å². The smallest absolute Gasteiger partial charge is 0.0323 e. The van der Waals surface area contributed by atoms with Gasteiger partial charge in [0.05, 0.1) is 0 Å². The van der Waals surface area contributed by atoms with E-state index >= 15 is 0 Å². The molecule has 0 saturated carbocycles. The van der Waals surface area contributed by atoms with Crippen LogP contribution in [0.4, 0.5) is 0 Å². The second-order valence-electron chi connectivity index (χ2n) is 3.96. The highest BCUT2D eigenvalue weighted by Gasteiger charge is 2.05. The highest BCUT2D eigenvalue weighted by molar-refractivity contribution is 5.25. The van der Waals surface area contributed by atoms with Crippen LogP contribution in [-0.2, 0) is 6.42 Å². The monoisotopic (exact) mass is 216 g/mol. The zero-order valence-corrected chi connectivity index (χ0v) is 10.1. The number of hydrogen-bond acceptors (Lipinski definition) is 2. The molecule has 1 rings (SSSR count). The normalized spacial score (nSPS) is 11.7. The first-order valence-corrected chi connectivity index (χ1v) is 5.68. The van der Waals surface area contributed by atoms with Crippen molar-refractivity contribution in [2.45, 2.75) is 39.2 Å². The van der Waals surface area contributed by atoms with Crippen LogP contribution in [0.3, 0.4) is 0 Å². The Morgan fingerprint density at radius 3 is 2.75 bits per heavy atom. The van der Waals surface area contributed by atoms with Crippen LogP contribution in [0.15, 0.2) is 24.3 Å². The molecule has 0 heterocycles. The number of rotatable bonds is 5. The molecule has 1 aromatic rings. The van der Waals surface area contributed by atoms with Crippen molar-refractivity contribution in [1.29, 1.82) is 0 Å². The molecule has 2 heteroatoms. The number of hydrogen-bond donors (Lipinski definition) is 2. The van der Waals surface area contributed by atoms with Gasteiger partial charge in [0.2, 0.25) is 0 Å². The summed E-state index contributed by atoms with van der Waals surface area (Å²) in [6, 6.07) is 8.76. The predicted octanol–water partition coefficient (Wildman–Crippen LogP) is 2.17. The van der Waals surface area contributed by atoms with Crippen LogP contribution in [0.1, 0.15) is 30.9 Å². The van der Waals surface area contributed by atoms with Crippen LogP contribution in [0.25, 0.3) is 0 Å². The summed E-state index contributed by atoms with van der Waals surface area (Å²) in [5.41, 5.74) is 5.57. The van der Waals surface area contributed by atoms with E-state index in [0.717, 1.165) is 19.3 Å². The Morgan fingerprint density at radius 1 is 1.38 bits per heavy atom. The molecule has 3 N–H and O–H groups in total. The van der Waals surface area contributed by atoms with E-state index in [2.05, 4.69) is 48.5 Å². The molecule has 1 unspecified atom stereocenters. The van der Waals surface area contributed by atoms with Crippen LogP contribution in [0.5, 0.6) is 0 Å². The van der Waals surface area contributed by atoms with Gasteiger partial charge in [0.15, 0.2) is 0 Å². The first kappa shape index (κ1) is 12.8. The molecule has 0 saturated heterocycles. The second kappa shape index (κ2) is 7.05. The van der Waals surface area contributed by atoms with E-state index in [1.807, 2.05) is 6.92 Å². The van der Waals surface area contributed by atoms with Crippen LogP contribution in [-0.4, -0.2) is 6.04 Å². The lowest BCUT2D eigenvalue weighted by molar-refractivity contribution is 0.503. The lowest BCUT2D eigenvalue weighted by Crippen LogP contribution is -2.35. The molecule has 2 nitrogen and oxygen atoms in total. The summed E-state index contributed by atoms with van der Waals surface area (Å²) in [7, 11) is 0. The van der Waals surface area contributed by atoms with Crippen LogP contribution >= 0.6 is 0 Å². The average molecular weight is 216 g/mol. The maximum absolute atomic E-state index is 5.50. The van der Waals surface area contributed by atoms with Gasteiger partial charge in [-0.3, -0.25) is 11.3 Å². The fraction of sp³-hybridized carbons (Fsp3) is 0.429. The van der Waals surface area contributed by atoms with Crippen molar-refractivity contribution in [2.24, 2.45) is 5.84 Å². The Bertz CT molecular complexity index is 374. The van der Waals surface area contributed by atoms with Crippen LogP contribution < -0.4 is 11.3 Å².